The standard InChI is InChI=1S/C26H21BrFN3O5S/c1-4-35-25(33)21-14(2)30-26-31(22(21)16-5-7-17(28)8-6-16)24(32)20(37-26)13-15-11-18(27)23(36-10-9-29)19(12-15)34-3/h5-8,11-13,22H,4,10H2,1-3H3/t22-/m0/s1. The van der Waals surface area contributed by atoms with E-state index in [1.807, 2.05) is 6.07 Å². The number of esters is 1. The molecule has 11 heteroatoms. The number of fused-ring (bicyclic) bond motifs is 1. The van der Waals surface area contributed by atoms with Crippen LogP contribution in [0, 0.1) is 17.1 Å². The minimum absolute atomic E-state index is 0.154. The molecule has 0 radical (unpaired) electrons. The number of carbonyl (C=O) groups excluding carboxylic acids is 1. The minimum atomic E-state index is -0.832. The molecule has 1 aliphatic heterocycles. The summed E-state index contributed by atoms with van der Waals surface area (Å²) in [5, 5.41) is 8.83. The van der Waals surface area contributed by atoms with Gasteiger partial charge in [-0.1, -0.05) is 23.5 Å². The molecule has 0 aliphatic carbocycles. The predicted molar refractivity (Wildman–Crippen MR) is 139 cm³/mol. The van der Waals surface area contributed by atoms with E-state index in [0.717, 1.165) is 11.3 Å². The number of allylic oxidation sites excluding steroid dienone is 1. The van der Waals surface area contributed by atoms with Gasteiger partial charge in [0.25, 0.3) is 5.56 Å². The van der Waals surface area contributed by atoms with Crippen LogP contribution in [0.1, 0.15) is 31.0 Å². The number of benzene rings is 2. The number of nitriles is 1. The molecule has 2 aromatic carbocycles. The smallest absolute Gasteiger partial charge is 0.338 e. The quantitative estimate of drug-likeness (QED) is 0.392. The Morgan fingerprint density at radius 1 is 1.32 bits per heavy atom. The molecule has 0 fully saturated rings. The first-order valence-electron chi connectivity index (χ1n) is 11.1. The summed E-state index contributed by atoms with van der Waals surface area (Å²) >= 11 is 4.59. The highest BCUT2D eigenvalue weighted by atomic mass is 79.9. The maximum atomic E-state index is 13.7. The Balaban J connectivity index is 1.90. The molecular formula is C26H21BrFN3O5S. The van der Waals surface area contributed by atoms with Crippen LogP contribution >= 0.6 is 27.3 Å². The molecule has 0 saturated carbocycles. The highest BCUT2D eigenvalue weighted by Crippen LogP contribution is 2.37. The Labute approximate surface area is 223 Å². The van der Waals surface area contributed by atoms with Gasteiger partial charge in [-0.2, -0.15) is 5.26 Å². The van der Waals surface area contributed by atoms with Gasteiger partial charge in [0.2, 0.25) is 0 Å². The number of methoxy groups -OCH3 is 1. The third-order valence-electron chi connectivity index (χ3n) is 5.53. The summed E-state index contributed by atoms with van der Waals surface area (Å²) in [5.74, 6) is -0.271. The van der Waals surface area contributed by atoms with Crippen molar-refractivity contribution in [3.63, 3.8) is 0 Å². The number of aromatic nitrogens is 1. The van der Waals surface area contributed by atoms with Crippen molar-refractivity contribution in [3.8, 4) is 17.6 Å². The molecule has 190 valence electrons. The molecule has 4 rings (SSSR count). The second-order valence-corrected chi connectivity index (χ2v) is 9.70. The van der Waals surface area contributed by atoms with Crippen LogP contribution < -0.4 is 24.4 Å². The van der Waals surface area contributed by atoms with Gasteiger partial charge < -0.3 is 14.2 Å². The zero-order valence-corrected chi connectivity index (χ0v) is 22.5. The fraction of sp³-hybridized carbons (Fsp3) is 0.231. The summed E-state index contributed by atoms with van der Waals surface area (Å²) in [5.41, 5.74) is 1.46. The Morgan fingerprint density at radius 2 is 2.05 bits per heavy atom. The highest BCUT2D eigenvalue weighted by Gasteiger charge is 2.33. The largest absolute Gasteiger partial charge is 0.493 e. The second kappa shape index (κ2) is 11.1. The van der Waals surface area contributed by atoms with Crippen LogP contribution in [0.15, 0.2) is 61.9 Å². The number of hydrogen-bond acceptors (Lipinski definition) is 8. The van der Waals surface area contributed by atoms with E-state index in [2.05, 4.69) is 20.9 Å². The first-order valence-corrected chi connectivity index (χ1v) is 12.7. The van der Waals surface area contributed by atoms with E-state index in [1.54, 1.807) is 32.1 Å². The molecule has 3 aromatic rings. The van der Waals surface area contributed by atoms with E-state index in [4.69, 9.17) is 19.5 Å². The van der Waals surface area contributed by atoms with Crippen molar-refractivity contribution < 1.29 is 23.4 Å². The van der Waals surface area contributed by atoms with Crippen LogP contribution in [0.4, 0.5) is 4.39 Å². The van der Waals surface area contributed by atoms with Crippen molar-refractivity contribution in [3.05, 3.63) is 88.8 Å². The molecule has 0 saturated heterocycles. The SMILES string of the molecule is CCOC(=O)C1=C(C)N=c2sc(=Cc3cc(Br)c(OCC#N)c(OC)c3)c(=O)n2[C@H]1c1ccc(F)cc1. The normalized spacial score (nSPS) is 15.0. The first-order chi connectivity index (χ1) is 17.8. The van der Waals surface area contributed by atoms with Crippen molar-refractivity contribution in [1.82, 2.24) is 4.57 Å². The highest BCUT2D eigenvalue weighted by molar-refractivity contribution is 9.10. The number of ether oxygens (including phenoxy) is 3. The van der Waals surface area contributed by atoms with E-state index >= 15 is 0 Å². The summed E-state index contributed by atoms with van der Waals surface area (Å²) in [4.78, 5) is 31.5. The van der Waals surface area contributed by atoms with Crippen molar-refractivity contribution in [2.24, 2.45) is 4.99 Å². The lowest BCUT2D eigenvalue weighted by Gasteiger charge is -2.24. The average molecular weight is 586 g/mol. The topological polar surface area (TPSA) is 103 Å². The lowest BCUT2D eigenvalue weighted by molar-refractivity contribution is -0.139. The predicted octanol–water partition coefficient (Wildman–Crippen LogP) is 3.61. The molecule has 1 atom stereocenters. The summed E-state index contributed by atoms with van der Waals surface area (Å²) in [6.45, 7) is 3.38. The van der Waals surface area contributed by atoms with Crippen LogP contribution in [0.2, 0.25) is 0 Å². The fourth-order valence-electron chi connectivity index (χ4n) is 3.97. The van der Waals surface area contributed by atoms with Gasteiger partial charge in [-0.05, 0) is 71.2 Å². The second-order valence-electron chi connectivity index (χ2n) is 7.83. The Kier molecular flexibility index (Phi) is 7.90. The monoisotopic (exact) mass is 585 g/mol. The average Bonchev–Trinajstić information content (AvgIpc) is 3.17. The molecule has 2 heterocycles. The van der Waals surface area contributed by atoms with Crippen molar-refractivity contribution in [2.45, 2.75) is 19.9 Å². The lowest BCUT2D eigenvalue weighted by Crippen LogP contribution is -2.39. The number of halogens is 2. The van der Waals surface area contributed by atoms with Gasteiger partial charge in [0.05, 0.1) is 40.0 Å². The van der Waals surface area contributed by atoms with Gasteiger partial charge in [0.15, 0.2) is 22.9 Å². The molecular weight excluding hydrogens is 565 g/mol. The zero-order valence-electron chi connectivity index (χ0n) is 20.1. The number of rotatable bonds is 7. The fourth-order valence-corrected chi connectivity index (χ4v) is 5.59. The number of thiazole rings is 1. The van der Waals surface area contributed by atoms with Crippen LogP contribution in [0.5, 0.6) is 11.5 Å². The summed E-state index contributed by atoms with van der Waals surface area (Å²) in [6.07, 6.45) is 1.68. The van der Waals surface area contributed by atoms with E-state index in [-0.39, 0.29) is 24.3 Å². The van der Waals surface area contributed by atoms with Gasteiger partial charge in [-0.15, -0.1) is 0 Å². The van der Waals surface area contributed by atoms with E-state index in [9.17, 15) is 14.0 Å². The number of nitrogens with zero attached hydrogens (tertiary/aromatic N) is 3. The summed E-state index contributed by atoms with van der Waals surface area (Å²) < 4.78 is 32.1. The third-order valence-corrected chi connectivity index (χ3v) is 7.11. The molecule has 1 aromatic heterocycles. The van der Waals surface area contributed by atoms with Crippen LogP contribution in [0.3, 0.4) is 0 Å². The number of carbonyl (C=O) groups is 1. The van der Waals surface area contributed by atoms with E-state index in [0.29, 0.717) is 42.1 Å². The van der Waals surface area contributed by atoms with Crippen molar-refractivity contribution in [1.29, 1.82) is 5.26 Å². The Morgan fingerprint density at radius 3 is 2.70 bits per heavy atom. The van der Waals surface area contributed by atoms with E-state index in [1.165, 1.54) is 35.9 Å². The summed E-state index contributed by atoms with van der Waals surface area (Å²) in [7, 11) is 1.47. The Hall–Kier alpha value is -3.75. The lowest BCUT2D eigenvalue weighted by atomic mass is 9.96. The minimum Gasteiger partial charge on any atom is -0.493 e. The summed E-state index contributed by atoms with van der Waals surface area (Å²) in [6, 6.07) is 10.1. The van der Waals surface area contributed by atoms with Crippen molar-refractivity contribution in [2.75, 3.05) is 20.3 Å². The Bertz CT molecular complexity index is 1620. The van der Waals surface area contributed by atoms with Crippen LogP contribution in [0.25, 0.3) is 6.08 Å². The van der Waals surface area contributed by atoms with Gasteiger partial charge in [-0.3, -0.25) is 9.36 Å². The zero-order chi connectivity index (χ0) is 26.7. The molecule has 37 heavy (non-hydrogen) atoms. The molecule has 0 bridgehead atoms. The van der Waals surface area contributed by atoms with E-state index < -0.39 is 17.8 Å². The first kappa shape index (κ1) is 26.3. The molecule has 0 N–H and O–H groups in total. The maximum absolute atomic E-state index is 13.7. The molecule has 0 amide bonds. The van der Waals surface area contributed by atoms with Crippen LogP contribution in [-0.2, 0) is 9.53 Å². The van der Waals surface area contributed by atoms with Crippen LogP contribution in [-0.4, -0.2) is 30.9 Å². The molecule has 0 unspecified atom stereocenters. The molecule has 8 nitrogen and oxygen atoms in total. The van der Waals surface area contributed by atoms with Gasteiger partial charge in [-0.25, -0.2) is 14.2 Å². The van der Waals surface area contributed by atoms with Crippen molar-refractivity contribution >= 4 is 39.3 Å². The number of hydrogen-bond donors (Lipinski definition) is 0. The third kappa shape index (κ3) is 5.21. The van der Waals surface area contributed by atoms with Gasteiger partial charge in [0, 0.05) is 0 Å². The van der Waals surface area contributed by atoms with Gasteiger partial charge >= 0.3 is 5.97 Å². The molecule has 1 aliphatic rings. The van der Waals surface area contributed by atoms with Gasteiger partial charge in [0.1, 0.15) is 11.9 Å². The molecule has 0 spiro atoms. The maximum Gasteiger partial charge on any atom is 0.338 e.